The van der Waals surface area contributed by atoms with E-state index in [-0.39, 0.29) is 17.7 Å². The first-order valence-electron chi connectivity index (χ1n) is 9.30. The van der Waals surface area contributed by atoms with Gasteiger partial charge in [-0.25, -0.2) is 0 Å². The van der Waals surface area contributed by atoms with E-state index in [9.17, 15) is 14.7 Å². The van der Waals surface area contributed by atoms with Gasteiger partial charge in [0.1, 0.15) is 0 Å². The summed E-state index contributed by atoms with van der Waals surface area (Å²) in [4.78, 5) is 28.8. The second-order valence-corrected chi connectivity index (χ2v) is 8.50. The fourth-order valence-electron chi connectivity index (χ4n) is 4.73. The van der Waals surface area contributed by atoms with Crippen LogP contribution in [0.1, 0.15) is 12.0 Å². The first-order valence-corrected chi connectivity index (χ1v) is 10.1. The Morgan fingerprint density at radius 3 is 2.30 bits per heavy atom. The van der Waals surface area contributed by atoms with Crippen LogP contribution in [-0.4, -0.2) is 53.0 Å². The van der Waals surface area contributed by atoms with Gasteiger partial charge < -0.3 is 10.0 Å². The quantitative estimate of drug-likeness (QED) is 0.777. The molecule has 144 valence electrons. The highest BCUT2D eigenvalue weighted by Crippen LogP contribution is 2.48. The summed E-state index contributed by atoms with van der Waals surface area (Å²) in [5.41, 5.74) is 1.09. The zero-order valence-corrected chi connectivity index (χ0v) is 16.4. The van der Waals surface area contributed by atoms with Crippen molar-refractivity contribution in [3.8, 4) is 0 Å². The minimum absolute atomic E-state index is 0.00781. The monoisotopic (exact) mass is 408 g/mol. The molecule has 3 aliphatic rings. The molecule has 2 fully saturated rings. The molecule has 1 aliphatic heterocycles. The van der Waals surface area contributed by atoms with Crippen LogP contribution in [0.15, 0.2) is 30.4 Å². The van der Waals surface area contributed by atoms with E-state index in [0.29, 0.717) is 23.1 Å². The number of halogens is 2. The van der Waals surface area contributed by atoms with Crippen LogP contribution in [0, 0.1) is 23.7 Å². The third kappa shape index (κ3) is 3.60. The maximum absolute atomic E-state index is 13.0. The predicted octanol–water partition coefficient (Wildman–Crippen LogP) is 3.16. The second kappa shape index (κ2) is 7.46. The number of carboxylic acids is 1. The van der Waals surface area contributed by atoms with Crippen molar-refractivity contribution < 1.29 is 14.7 Å². The molecule has 1 aromatic rings. The lowest BCUT2D eigenvalue weighted by molar-refractivity contribution is -0.151. The first kappa shape index (κ1) is 18.8. The molecule has 0 aromatic heterocycles. The van der Waals surface area contributed by atoms with Crippen molar-refractivity contribution in [1.82, 2.24) is 9.80 Å². The predicted molar refractivity (Wildman–Crippen MR) is 104 cm³/mol. The van der Waals surface area contributed by atoms with E-state index >= 15 is 0 Å². The van der Waals surface area contributed by atoms with Crippen LogP contribution in [0.5, 0.6) is 0 Å². The highest BCUT2D eigenvalue weighted by molar-refractivity contribution is 6.42. The molecule has 1 heterocycles. The zero-order valence-electron chi connectivity index (χ0n) is 14.9. The smallest absolute Gasteiger partial charge is 0.307 e. The number of piperazine rings is 1. The van der Waals surface area contributed by atoms with Gasteiger partial charge in [0.2, 0.25) is 5.91 Å². The maximum atomic E-state index is 13.0. The molecule has 7 heteroatoms. The maximum Gasteiger partial charge on any atom is 0.307 e. The number of carbonyl (C=O) groups excluding carboxylic acids is 1. The van der Waals surface area contributed by atoms with Crippen LogP contribution in [0.2, 0.25) is 10.0 Å². The van der Waals surface area contributed by atoms with E-state index in [1.54, 1.807) is 6.07 Å². The van der Waals surface area contributed by atoms with Crippen LogP contribution in [0.25, 0.3) is 0 Å². The van der Waals surface area contributed by atoms with Crippen LogP contribution in [-0.2, 0) is 16.1 Å². The van der Waals surface area contributed by atoms with Gasteiger partial charge in [-0.15, -0.1) is 0 Å². The SMILES string of the molecule is O=C(O)[C@@H]1[C@H](C(=O)N2CCN(Cc3ccc(Cl)c(Cl)c3)CC2)[C@@H]2C=C[C@H]1C2. The van der Waals surface area contributed by atoms with E-state index < -0.39 is 17.8 Å². The summed E-state index contributed by atoms with van der Waals surface area (Å²) >= 11 is 12.0. The number of carbonyl (C=O) groups is 2. The molecule has 1 N–H and O–H groups in total. The summed E-state index contributed by atoms with van der Waals surface area (Å²) in [7, 11) is 0. The molecule has 4 atom stereocenters. The molecule has 1 saturated carbocycles. The summed E-state index contributed by atoms with van der Waals surface area (Å²) in [5.74, 6) is -1.71. The van der Waals surface area contributed by atoms with Gasteiger partial charge in [-0.05, 0) is 36.0 Å². The molecule has 2 bridgehead atoms. The molecular formula is C20H22Cl2N2O3. The molecule has 1 aromatic carbocycles. The molecule has 0 radical (unpaired) electrons. The van der Waals surface area contributed by atoms with Crippen molar-refractivity contribution in [2.75, 3.05) is 26.2 Å². The average Bonchev–Trinajstić information content (AvgIpc) is 3.26. The topological polar surface area (TPSA) is 60.9 Å². The molecule has 5 nitrogen and oxygen atoms in total. The van der Waals surface area contributed by atoms with Gasteiger partial charge in [0.25, 0.3) is 0 Å². The van der Waals surface area contributed by atoms with Crippen molar-refractivity contribution in [3.63, 3.8) is 0 Å². The lowest BCUT2D eigenvalue weighted by atomic mass is 9.82. The minimum Gasteiger partial charge on any atom is -0.481 e. The second-order valence-electron chi connectivity index (χ2n) is 7.69. The highest BCUT2D eigenvalue weighted by atomic mass is 35.5. The molecule has 0 unspecified atom stereocenters. The summed E-state index contributed by atoms with van der Waals surface area (Å²) in [6, 6.07) is 5.64. The van der Waals surface area contributed by atoms with Crippen LogP contribution in [0.3, 0.4) is 0 Å². The van der Waals surface area contributed by atoms with Crippen molar-refractivity contribution >= 4 is 35.1 Å². The number of amides is 1. The molecular weight excluding hydrogens is 387 g/mol. The standard InChI is InChI=1S/C20H22Cl2N2O3/c21-15-4-1-12(9-16(15)22)11-23-5-7-24(8-6-23)19(25)17-13-2-3-14(10-13)18(17)20(26)27/h1-4,9,13-14,17-18H,5-8,10-11H2,(H,26,27)/t13-,14+,17-,18+/m1/s1. The van der Waals surface area contributed by atoms with Crippen molar-refractivity contribution in [3.05, 3.63) is 46.0 Å². The summed E-state index contributed by atoms with van der Waals surface area (Å²) in [5, 5.41) is 10.7. The van der Waals surface area contributed by atoms with Gasteiger partial charge in [-0.2, -0.15) is 0 Å². The Hall–Kier alpha value is -1.56. The third-order valence-electron chi connectivity index (χ3n) is 6.10. The number of rotatable bonds is 4. The number of hydrogen-bond donors (Lipinski definition) is 1. The number of hydrogen-bond acceptors (Lipinski definition) is 3. The Bertz CT molecular complexity index is 789. The Morgan fingerprint density at radius 1 is 1.00 bits per heavy atom. The van der Waals surface area contributed by atoms with Crippen molar-refractivity contribution in [2.45, 2.75) is 13.0 Å². The van der Waals surface area contributed by atoms with Gasteiger partial charge in [0, 0.05) is 32.7 Å². The van der Waals surface area contributed by atoms with Crippen LogP contribution in [0.4, 0.5) is 0 Å². The molecule has 4 rings (SSSR count). The van der Waals surface area contributed by atoms with E-state index in [2.05, 4.69) is 4.90 Å². The van der Waals surface area contributed by atoms with E-state index in [1.807, 2.05) is 29.2 Å². The van der Waals surface area contributed by atoms with Crippen molar-refractivity contribution in [2.24, 2.45) is 23.7 Å². The average molecular weight is 409 g/mol. The number of nitrogens with zero attached hydrogens (tertiary/aromatic N) is 2. The van der Waals surface area contributed by atoms with Gasteiger partial charge >= 0.3 is 5.97 Å². The molecule has 2 aliphatic carbocycles. The van der Waals surface area contributed by atoms with Gasteiger partial charge in [0.15, 0.2) is 0 Å². The number of fused-ring (bicyclic) bond motifs is 2. The normalized spacial score (nSPS) is 30.1. The Morgan fingerprint density at radius 2 is 1.67 bits per heavy atom. The third-order valence-corrected chi connectivity index (χ3v) is 6.84. The van der Waals surface area contributed by atoms with Crippen LogP contribution >= 0.6 is 23.2 Å². The molecule has 0 spiro atoms. The summed E-state index contributed by atoms with van der Waals surface area (Å²) < 4.78 is 0. The minimum atomic E-state index is -0.844. The van der Waals surface area contributed by atoms with Gasteiger partial charge in [0.05, 0.1) is 21.9 Å². The van der Waals surface area contributed by atoms with Crippen LogP contribution < -0.4 is 0 Å². The van der Waals surface area contributed by atoms with Crippen molar-refractivity contribution in [1.29, 1.82) is 0 Å². The first-order chi connectivity index (χ1) is 12.9. The number of allylic oxidation sites excluding steroid dienone is 2. The zero-order chi connectivity index (χ0) is 19.1. The lowest BCUT2D eigenvalue weighted by Gasteiger charge is -2.37. The van der Waals surface area contributed by atoms with E-state index in [4.69, 9.17) is 23.2 Å². The molecule has 27 heavy (non-hydrogen) atoms. The number of benzene rings is 1. The Balaban J connectivity index is 1.36. The van der Waals surface area contributed by atoms with E-state index in [1.165, 1.54) is 0 Å². The van der Waals surface area contributed by atoms with Gasteiger partial charge in [-0.1, -0.05) is 41.4 Å². The Kier molecular flexibility index (Phi) is 5.19. The summed E-state index contributed by atoms with van der Waals surface area (Å²) in [6.45, 7) is 3.54. The Labute approximate surface area is 168 Å². The summed E-state index contributed by atoms with van der Waals surface area (Å²) in [6.07, 6.45) is 4.81. The largest absolute Gasteiger partial charge is 0.481 e. The fourth-order valence-corrected chi connectivity index (χ4v) is 5.05. The molecule has 1 amide bonds. The van der Waals surface area contributed by atoms with E-state index in [0.717, 1.165) is 31.6 Å². The number of aliphatic carboxylic acids is 1. The number of carboxylic acid groups (broad SMARTS) is 1. The molecule has 1 saturated heterocycles. The lowest BCUT2D eigenvalue weighted by Crippen LogP contribution is -2.52. The highest BCUT2D eigenvalue weighted by Gasteiger charge is 2.52. The van der Waals surface area contributed by atoms with Gasteiger partial charge in [-0.3, -0.25) is 14.5 Å². The fraction of sp³-hybridized carbons (Fsp3) is 0.500.